The van der Waals surface area contributed by atoms with E-state index in [0.29, 0.717) is 31.5 Å². The summed E-state index contributed by atoms with van der Waals surface area (Å²) in [6.07, 6.45) is 2.51. The molecular formula is C29H36N2O6. The minimum atomic E-state index is -1.10. The largest absolute Gasteiger partial charge is 0.466 e. The summed E-state index contributed by atoms with van der Waals surface area (Å²) in [6.45, 7) is 6.29. The van der Waals surface area contributed by atoms with E-state index in [9.17, 15) is 19.5 Å². The van der Waals surface area contributed by atoms with Gasteiger partial charge in [-0.05, 0) is 68.4 Å². The summed E-state index contributed by atoms with van der Waals surface area (Å²) in [4.78, 5) is 42.7. The van der Waals surface area contributed by atoms with Crippen LogP contribution in [0, 0.1) is 17.8 Å². The molecule has 3 heterocycles. The molecule has 37 heavy (non-hydrogen) atoms. The number of aliphatic hydroxyl groups is 1. The number of amides is 2. The third kappa shape index (κ3) is 4.01. The molecule has 8 nitrogen and oxygen atoms in total. The normalized spacial score (nSPS) is 32.1. The molecule has 0 radical (unpaired) electrons. The van der Waals surface area contributed by atoms with Crippen molar-refractivity contribution in [3.05, 3.63) is 42.5 Å². The van der Waals surface area contributed by atoms with E-state index in [1.54, 1.807) is 11.8 Å². The van der Waals surface area contributed by atoms with Gasteiger partial charge in [-0.2, -0.15) is 0 Å². The molecule has 2 aromatic rings. The van der Waals surface area contributed by atoms with Gasteiger partial charge in [-0.3, -0.25) is 14.4 Å². The van der Waals surface area contributed by atoms with E-state index in [1.165, 1.54) is 0 Å². The first-order chi connectivity index (χ1) is 17.8. The van der Waals surface area contributed by atoms with Crippen LogP contribution in [0.5, 0.6) is 0 Å². The molecule has 198 valence electrons. The zero-order valence-corrected chi connectivity index (χ0v) is 21.7. The van der Waals surface area contributed by atoms with Crippen LogP contribution in [0.25, 0.3) is 10.8 Å². The number of hydrogen-bond donors (Lipinski definition) is 2. The number of carbonyl (C=O) groups excluding carboxylic acids is 3. The number of esters is 1. The average molecular weight is 509 g/mol. The van der Waals surface area contributed by atoms with Gasteiger partial charge in [0.1, 0.15) is 17.6 Å². The van der Waals surface area contributed by atoms with Crippen molar-refractivity contribution in [1.82, 2.24) is 4.90 Å². The Morgan fingerprint density at radius 3 is 2.65 bits per heavy atom. The number of hydrogen-bond acceptors (Lipinski definition) is 6. The van der Waals surface area contributed by atoms with Gasteiger partial charge in [0.2, 0.25) is 11.8 Å². The van der Waals surface area contributed by atoms with E-state index < -0.39 is 35.0 Å². The molecule has 5 rings (SSSR count). The number of rotatable bonds is 9. The van der Waals surface area contributed by atoms with Gasteiger partial charge in [-0.15, -0.1) is 0 Å². The fourth-order valence-corrected chi connectivity index (χ4v) is 6.92. The zero-order valence-electron chi connectivity index (χ0n) is 21.7. The highest BCUT2D eigenvalue weighted by atomic mass is 16.6. The van der Waals surface area contributed by atoms with Gasteiger partial charge in [0.05, 0.1) is 18.1 Å². The number of ether oxygens (including phenoxy) is 2. The molecule has 2 amide bonds. The fourth-order valence-electron chi connectivity index (χ4n) is 6.92. The second-order valence-corrected chi connectivity index (χ2v) is 10.8. The van der Waals surface area contributed by atoms with Crippen molar-refractivity contribution in [3.63, 3.8) is 0 Å². The third-order valence-corrected chi connectivity index (χ3v) is 8.68. The van der Waals surface area contributed by atoms with Crippen LogP contribution in [-0.4, -0.2) is 64.8 Å². The predicted molar refractivity (Wildman–Crippen MR) is 139 cm³/mol. The van der Waals surface area contributed by atoms with Crippen molar-refractivity contribution in [1.29, 1.82) is 0 Å². The molecule has 3 unspecified atom stereocenters. The lowest BCUT2D eigenvalue weighted by Crippen LogP contribution is -2.54. The molecule has 0 aliphatic carbocycles. The lowest BCUT2D eigenvalue weighted by molar-refractivity contribution is -0.160. The van der Waals surface area contributed by atoms with Crippen molar-refractivity contribution in [2.75, 3.05) is 25.1 Å². The van der Waals surface area contributed by atoms with Crippen LogP contribution in [0.15, 0.2) is 42.5 Å². The van der Waals surface area contributed by atoms with Crippen molar-refractivity contribution in [2.24, 2.45) is 17.8 Å². The summed E-state index contributed by atoms with van der Waals surface area (Å²) < 4.78 is 12.1. The number of aliphatic hydroxyl groups excluding tert-OH is 1. The summed E-state index contributed by atoms with van der Waals surface area (Å²) in [7, 11) is 0. The van der Waals surface area contributed by atoms with Gasteiger partial charge in [-0.25, -0.2) is 0 Å². The minimum Gasteiger partial charge on any atom is -0.466 e. The summed E-state index contributed by atoms with van der Waals surface area (Å²) in [5.74, 6) is -2.53. The Kier molecular flexibility index (Phi) is 6.75. The van der Waals surface area contributed by atoms with E-state index in [0.717, 1.165) is 17.2 Å². The molecule has 6 atom stereocenters. The van der Waals surface area contributed by atoms with E-state index >= 15 is 0 Å². The fraction of sp³-hybridized carbons (Fsp3) is 0.552. The molecule has 2 N–H and O–H groups in total. The molecule has 3 aliphatic rings. The molecule has 1 spiro atoms. The van der Waals surface area contributed by atoms with Crippen LogP contribution >= 0.6 is 0 Å². The number of likely N-dealkylation sites (tertiary alicyclic amines) is 1. The first-order valence-electron chi connectivity index (χ1n) is 13.3. The Bertz CT molecular complexity index is 1220. The first-order valence-corrected chi connectivity index (χ1v) is 13.3. The predicted octanol–water partition coefficient (Wildman–Crippen LogP) is 3.51. The lowest BCUT2D eigenvalue weighted by atomic mass is 9.62. The van der Waals surface area contributed by atoms with E-state index in [1.807, 2.05) is 56.3 Å². The van der Waals surface area contributed by atoms with Crippen LogP contribution in [-0.2, 0) is 23.9 Å². The second-order valence-electron chi connectivity index (χ2n) is 10.8. The molecule has 3 aliphatic heterocycles. The van der Waals surface area contributed by atoms with E-state index in [4.69, 9.17) is 9.47 Å². The summed E-state index contributed by atoms with van der Waals surface area (Å²) in [5.41, 5.74) is -1.33. The number of fused-ring (bicyclic) bond motifs is 2. The van der Waals surface area contributed by atoms with Gasteiger partial charge in [0.25, 0.3) is 0 Å². The lowest BCUT2D eigenvalue weighted by Gasteiger charge is -2.35. The van der Waals surface area contributed by atoms with Gasteiger partial charge in [-0.1, -0.05) is 37.3 Å². The van der Waals surface area contributed by atoms with Gasteiger partial charge >= 0.3 is 5.97 Å². The monoisotopic (exact) mass is 508 g/mol. The highest BCUT2D eigenvalue weighted by molar-refractivity contribution is 6.04. The number of anilines is 1. The minimum absolute atomic E-state index is 0.0312. The van der Waals surface area contributed by atoms with Crippen LogP contribution in [0.1, 0.15) is 46.5 Å². The maximum Gasteiger partial charge on any atom is 0.312 e. The Morgan fingerprint density at radius 2 is 1.92 bits per heavy atom. The van der Waals surface area contributed by atoms with Crippen LogP contribution in [0.4, 0.5) is 5.69 Å². The standard InChI is InChI=1S/C29H36N2O6/c1-4-36-27(35)23-22-26(34)31(14-8-5-9-15-32)24(29(22)17-18(2)28(23,3)37-29)25(33)30-21-13-12-19-10-6-7-11-20(19)16-21/h6-7,10-13,16,18,22-24,32H,4-5,8-9,14-15,17H2,1-3H3,(H,30,33)/t18?,22-,23-,24?,28+,29?/m0/s1. The molecular weight excluding hydrogens is 472 g/mol. The molecule has 0 aromatic heterocycles. The zero-order chi connectivity index (χ0) is 26.4. The van der Waals surface area contributed by atoms with Gasteiger partial charge in [0, 0.05) is 18.8 Å². The first kappa shape index (κ1) is 25.7. The summed E-state index contributed by atoms with van der Waals surface area (Å²) >= 11 is 0. The van der Waals surface area contributed by atoms with E-state index in [-0.39, 0.29) is 30.9 Å². The smallest absolute Gasteiger partial charge is 0.312 e. The number of carbonyl (C=O) groups is 3. The Labute approximate surface area is 217 Å². The van der Waals surface area contributed by atoms with Crippen LogP contribution < -0.4 is 5.32 Å². The molecule has 2 aromatic carbocycles. The van der Waals surface area contributed by atoms with Crippen LogP contribution in [0.3, 0.4) is 0 Å². The maximum absolute atomic E-state index is 14.0. The third-order valence-electron chi connectivity index (χ3n) is 8.68. The molecule has 8 heteroatoms. The second kappa shape index (κ2) is 9.72. The van der Waals surface area contributed by atoms with Crippen molar-refractivity contribution >= 4 is 34.2 Å². The maximum atomic E-state index is 14.0. The summed E-state index contributed by atoms with van der Waals surface area (Å²) in [6, 6.07) is 12.8. The number of benzene rings is 2. The number of nitrogens with zero attached hydrogens (tertiary/aromatic N) is 1. The Balaban J connectivity index is 1.50. The highest BCUT2D eigenvalue weighted by Crippen LogP contribution is 2.65. The SMILES string of the molecule is CCOC(=O)[C@@H]1[C@H]2C(=O)N(CCCCCO)C(C(=O)Nc3ccc4ccccc4c3)C23CC(C)[C@@]1(C)O3. The van der Waals surface area contributed by atoms with Crippen molar-refractivity contribution in [3.8, 4) is 0 Å². The van der Waals surface area contributed by atoms with Gasteiger partial charge in [0.15, 0.2) is 0 Å². The number of unbranched alkanes of at least 4 members (excludes halogenated alkanes) is 2. The Morgan fingerprint density at radius 1 is 1.16 bits per heavy atom. The van der Waals surface area contributed by atoms with Gasteiger partial charge < -0.3 is 24.8 Å². The average Bonchev–Trinajstić information content (AvgIpc) is 3.38. The topological polar surface area (TPSA) is 105 Å². The quantitative estimate of drug-likeness (QED) is 0.397. The van der Waals surface area contributed by atoms with Crippen molar-refractivity contribution in [2.45, 2.75) is 63.7 Å². The van der Waals surface area contributed by atoms with Crippen LogP contribution in [0.2, 0.25) is 0 Å². The summed E-state index contributed by atoms with van der Waals surface area (Å²) in [5, 5.41) is 14.3. The highest BCUT2D eigenvalue weighted by Gasteiger charge is 2.80. The molecule has 3 fully saturated rings. The molecule has 3 saturated heterocycles. The molecule has 2 bridgehead atoms. The van der Waals surface area contributed by atoms with Crippen molar-refractivity contribution < 1.29 is 29.0 Å². The Hall–Kier alpha value is -2.97. The molecule has 0 saturated carbocycles. The van der Waals surface area contributed by atoms with E-state index in [2.05, 4.69) is 5.32 Å². The number of nitrogens with one attached hydrogen (secondary N) is 1.